The molecule has 4 aliphatic rings. The summed E-state index contributed by atoms with van der Waals surface area (Å²) in [6, 6.07) is 2.52. The van der Waals surface area contributed by atoms with Gasteiger partial charge in [0.25, 0.3) is 0 Å². The molecule has 0 heterocycles. The largest absolute Gasteiger partial charge is 0.384 e. The Morgan fingerprint density at radius 2 is 1.96 bits per heavy atom. The fourth-order valence-corrected chi connectivity index (χ4v) is 7.62. The highest BCUT2D eigenvalue weighted by Crippen LogP contribution is 2.66. The molecule has 27 heavy (non-hydrogen) atoms. The molecule has 4 heteroatoms. The van der Waals surface area contributed by atoms with Crippen molar-refractivity contribution in [2.24, 2.45) is 34.5 Å². The number of nitrogens with zero attached hydrogens (tertiary/aromatic N) is 1. The van der Waals surface area contributed by atoms with Crippen LogP contribution in [0.15, 0.2) is 11.6 Å². The number of ether oxygens (including phenoxy) is 3. The van der Waals surface area contributed by atoms with Crippen LogP contribution < -0.4 is 0 Å². The van der Waals surface area contributed by atoms with Crippen LogP contribution in [0, 0.1) is 45.8 Å². The molecular formula is C23H35NO3. The van der Waals surface area contributed by atoms with E-state index < -0.39 is 0 Å². The quantitative estimate of drug-likeness (QED) is 0.655. The highest BCUT2D eigenvalue weighted by atomic mass is 16.7. The first-order chi connectivity index (χ1) is 13.1. The summed E-state index contributed by atoms with van der Waals surface area (Å²) in [6.45, 7) is 3.65. The van der Waals surface area contributed by atoms with Gasteiger partial charge in [-0.1, -0.05) is 13.0 Å². The molecule has 7 atom stereocenters. The Morgan fingerprint density at radius 3 is 2.70 bits per heavy atom. The lowest BCUT2D eigenvalue weighted by atomic mass is 9.44. The van der Waals surface area contributed by atoms with Crippen molar-refractivity contribution in [2.75, 3.05) is 27.6 Å². The third-order valence-electron chi connectivity index (χ3n) is 8.85. The third-order valence-corrected chi connectivity index (χ3v) is 8.85. The summed E-state index contributed by atoms with van der Waals surface area (Å²) in [5.74, 6) is 2.84. The normalized spacial score (nSPS) is 46.0. The summed E-state index contributed by atoms with van der Waals surface area (Å²) in [7, 11) is 3.58. The maximum Gasteiger partial charge on any atom is 0.146 e. The van der Waals surface area contributed by atoms with E-state index in [2.05, 4.69) is 19.1 Å². The Kier molecular flexibility index (Phi) is 5.40. The smallest absolute Gasteiger partial charge is 0.146 e. The summed E-state index contributed by atoms with van der Waals surface area (Å²) < 4.78 is 16.9. The molecule has 0 saturated heterocycles. The van der Waals surface area contributed by atoms with Crippen molar-refractivity contribution in [3.05, 3.63) is 11.6 Å². The SMILES string of the molecule is COCO[C@@H]1CC[C@@]2(COC)[C@@H](CC[C@@H]3[C@@H]2CC[C@]2(C)C(C#N)=CC[C@@H]32)C1. The summed E-state index contributed by atoms with van der Waals surface area (Å²) >= 11 is 0. The highest BCUT2D eigenvalue weighted by Gasteiger charge is 2.60. The predicted octanol–water partition coefficient (Wildman–Crippen LogP) is 4.70. The van der Waals surface area contributed by atoms with E-state index in [-0.39, 0.29) is 5.41 Å². The van der Waals surface area contributed by atoms with Crippen LogP contribution in [-0.4, -0.2) is 33.7 Å². The van der Waals surface area contributed by atoms with Crippen LogP contribution in [0.4, 0.5) is 0 Å². The maximum absolute atomic E-state index is 9.63. The average molecular weight is 374 g/mol. The number of fused-ring (bicyclic) bond motifs is 5. The van der Waals surface area contributed by atoms with Crippen LogP contribution in [0.5, 0.6) is 0 Å². The lowest BCUT2D eigenvalue weighted by Gasteiger charge is -2.61. The lowest BCUT2D eigenvalue weighted by Crippen LogP contribution is -2.56. The standard InChI is InChI=1S/C23H35NO3/c1-22-10-9-21-19(20(22)7-5-17(22)13-24)6-4-16-12-18(27-15-26-3)8-11-23(16,21)14-25-2/h5,16,18-21H,4,6-12,14-15H2,1-3H3/t16-,18+,19-,20-,21-,22+,23+/m0/s1. The topological polar surface area (TPSA) is 51.5 Å². The zero-order valence-electron chi connectivity index (χ0n) is 17.2. The van der Waals surface area contributed by atoms with E-state index in [0.717, 1.165) is 43.3 Å². The van der Waals surface area contributed by atoms with Crippen LogP contribution >= 0.6 is 0 Å². The van der Waals surface area contributed by atoms with Crippen molar-refractivity contribution in [3.8, 4) is 6.07 Å². The molecule has 3 fully saturated rings. The van der Waals surface area contributed by atoms with Crippen molar-refractivity contribution in [2.45, 2.75) is 64.4 Å². The number of hydrogen-bond acceptors (Lipinski definition) is 4. The third kappa shape index (κ3) is 2.98. The van der Waals surface area contributed by atoms with Crippen LogP contribution in [-0.2, 0) is 14.2 Å². The van der Waals surface area contributed by atoms with E-state index in [1.165, 1.54) is 32.1 Å². The van der Waals surface area contributed by atoms with Crippen LogP contribution in [0.25, 0.3) is 0 Å². The maximum atomic E-state index is 9.63. The van der Waals surface area contributed by atoms with E-state index in [0.29, 0.717) is 30.1 Å². The molecule has 0 aliphatic heterocycles. The van der Waals surface area contributed by atoms with Gasteiger partial charge in [-0.15, -0.1) is 0 Å². The summed E-state index contributed by atoms with van der Waals surface area (Å²) in [5, 5.41) is 9.63. The second-order valence-electron chi connectivity index (χ2n) is 9.71. The molecule has 0 radical (unpaired) electrons. The van der Waals surface area contributed by atoms with Crippen molar-refractivity contribution in [1.29, 1.82) is 5.26 Å². The molecule has 0 spiro atoms. The van der Waals surface area contributed by atoms with E-state index in [4.69, 9.17) is 14.2 Å². The molecule has 4 nitrogen and oxygen atoms in total. The number of methoxy groups -OCH3 is 2. The van der Waals surface area contributed by atoms with E-state index in [9.17, 15) is 5.26 Å². The fraction of sp³-hybridized carbons (Fsp3) is 0.870. The van der Waals surface area contributed by atoms with E-state index >= 15 is 0 Å². The monoisotopic (exact) mass is 373 g/mol. The van der Waals surface area contributed by atoms with Crippen molar-refractivity contribution in [3.63, 3.8) is 0 Å². The average Bonchev–Trinajstić information content (AvgIpc) is 3.02. The van der Waals surface area contributed by atoms with Gasteiger partial charge in [-0.05, 0) is 80.5 Å². The minimum Gasteiger partial charge on any atom is -0.384 e. The molecule has 150 valence electrons. The molecule has 0 bridgehead atoms. The van der Waals surface area contributed by atoms with Gasteiger partial charge in [0.1, 0.15) is 6.79 Å². The molecular weight excluding hydrogens is 338 g/mol. The Labute approximate surface area is 164 Å². The van der Waals surface area contributed by atoms with E-state index in [1.807, 2.05) is 7.11 Å². The molecule has 0 amide bonds. The van der Waals surface area contributed by atoms with Gasteiger partial charge in [0.2, 0.25) is 0 Å². The van der Waals surface area contributed by atoms with Gasteiger partial charge in [0.05, 0.1) is 18.8 Å². The fourth-order valence-electron chi connectivity index (χ4n) is 7.62. The first-order valence-corrected chi connectivity index (χ1v) is 10.8. The second-order valence-corrected chi connectivity index (χ2v) is 9.71. The number of rotatable bonds is 5. The first kappa shape index (κ1) is 19.4. The van der Waals surface area contributed by atoms with Crippen LogP contribution in [0.2, 0.25) is 0 Å². The van der Waals surface area contributed by atoms with Gasteiger partial charge in [-0.2, -0.15) is 5.26 Å². The number of allylic oxidation sites excluding steroid dienone is 2. The zero-order chi connectivity index (χ0) is 19.1. The van der Waals surface area contributed by atoms with Crippen molar-refractivity contribution < 1.29 is 14.2 Å². The van der Waals surface area contributed by atoms with Crippen LogP contribution in [0.3, 0.4) is 0 Å². The van der Waals surface area contributed by atoms with Gasteiger partial charge >= 0.3 is 0 Å². The summed E-state index contributed by atoms with van der Waals surface area (Å²) in [6.07, 6.45) is 12.2. The van der Waals surface area contributed by atoms with Crippen molar-refractivity contribution >= 4 is 0 Å². The van der Waals surface area contributed by atoms with Gasteiger partial charge in [-0.25, -0.2) is 0 Å². The Morgan fingerprint density at radius 1 is 1.11 bits per heavy atom. The second kappa shape index (κ2) is 7.50. The Bertz CT molecular complexity index is 626. The predicted molar refractivity (Wildman–Crippen MR) is 104 cm³/mol. The van der Waals surface area contributed by atoms with Gasteiger partial charge in [-0.3, -0.25) is 0 Å². The molecule has 4 aliphatic carbocycles. The molecule has 4 rings (SSSR count). The minimum atomic E-state index is 0.121. The van der Waals surface area contributed by atoms with Gasteiger partial charge < -0.3 is 14.2 Å². The van der Waals surface area contributed by atoms with Crippen molar-refractivity contribution in [1.82, 2.24) is 0 Å². The van der Waals surface area contributed by atoms with Gasteiger partial charge in [0, 0.05) is 25.2 Å². The first-order valence-electron chi connectivity index (χ1n) is 10.8. The van der Waals surface area contributed by atoms with Gasteiger partial charge in [0.15, 0.2) is 0 Å². The number of nitriles is 1. The zero-order valence-corrected chi connectivity index (χ0v) is 17.2. The molecule has 0 aromatic rings. The molecule has 0 aromatic heterocycles. The molecule has 0 aromatic carbocycles. The summed E-state index contributed by atoms with van der Waals surface area (Å²) in [4.78, 5) is 0. The molecule has 3 saturated carbocycles. The lowest BCUT2D eigenvalue weighted by molar-refractivity contribution is -0.171. The highest BCUT2D eigenvalue weighted by molar-refractivity contribution is 5.35. The number of hydrogen-bond donors (Lipinski definition) is 0. The minimum absolute atomic E-state index is 0.121. The Balaban J connectivity index is 1.57. The molecule has 0 unspecified atom stereocenters. The summed E-state index contributed by atoms with van der Waals surface area (Å²) in [5.41, 5.74) is 1.49. The Hall–Kier alpha value is -0.890. The molecule has 0 N–H and O–H groups in total. The van der Waals surface area contributed by atoms with E-state index in [1.54, 1.807) is 7.11 Å². The van der Waals surface area contributed by atoms with Crippen LogP contribution in [0.1, 0.15) is 58.3 Å².